The fraction of sp³-hybridized carbons (Fsp3) is 0.600. The molecule has 0 radical (unpaired) electrons. The number of carboxylic acid groups (broad SMARTS) is 1. The molecule has 0 saturated carbocycles. The van der Waals surface area contributed by atoms with Crippen LogP contribution >= 0.6 is 0 Å². The Morgan fingerprint density at radius 2 is 2.08 bits per heavy atom. The number of aryl methyl sites for hydroxylation is 2. The summed E-state index contributed by atoms with van der Waals surface area (Å²) in [5.74, 6) is -0.205. The zero-order valence-corrected chi connectivity index (χ0v) is 23.3. The summed E-state index contributed by atoms with van der Waals surface area (Å²) >= 11 is 0. The normalized spacial score (nSPS) is 18.4. The smallest absolute Gasteiger partial charge is 0.325 e. The van der Waals surface area contributed by atoms with Crippen molar-refractivity contribution in [3.05, 3.63) is 52.5 Å². The number of hydrogen-bond donors (Lipinski definition) is 2. The first-order chi connectivity index (χ1) is 18.3. The predicted molar refractivity (Wildman–Crippen MR) is 149 cm³/mol. The largest absolute Gasteiger partial charge is 0.496 e. The third kappa shape index (κ3) is 6.46. The average Bonchev–Trinajstić information content (AvgIpc) is 3.38. The van der Waals surface area contributed by atoms with Crippen molar-refractivity contribution < 1.29 is 19.0 Å². The van der Waals surface area contributed by atoms with Gasteiger partial charge in [-0.05, 0) is 81.3 Å². The lowest BCUT2D eigenvalue weighted by molar-refractivity contribution is -0.143. The predicted octanol–water partition coefficient (Wildman–Crippen LogP) is 5.26. The Balaban J connectivity index is 1.30. The van der Waals surface area contributed by atoms with Gasteiger partial charge in [0.2, 0.25) is 0 Å². The highest BCUT2D eigenvalue weighted by Gasteiger charge is 2.38. The number of nitrogens with zero attached hydrogens (tertiary/aromatic N) is 3. The van der Waals surface area contributed by atoms with E-state index in [0.717, 1.165) is 63.1 Å². The number of methoxy groups -OCH3 is 1. The first kappa shape index (κ1) is 28.3. The maximum Gasteiger partial charge on any atom is 0.325 e. The minimum absolute atomic E-state index is 0.0498. The van der Waals surface area contributed by atoms with E-state index >= 15 is 4.39 Å². The summed E-state index contributed by atoms with van der Waals surface area (Å²) in [6.45, 7) is 6.98. The molecule has 208 valence electrons. The molecule has 2 atom stereocenters. The van der Waals surface area contributed by atoms with E-state index in [0.29, 0.717) is 24.4 Å². The number of carbonyl (C=O) groups is 1. The number of aromatic nitrogens is 1. The SMILES string of the molecule is COc1ccc(C(C)C)c(F)c1[C@@H](C(=O)O)N1CC[C@@H](N(C)CCCCCc2ccc3c(n2)NCCC3)C1. The standard InChI is InChI=1S/C30H43FN4O3/c1-20(2)24-13-14-25(38-4)26(27(24)31)28(30(36)37)35-18-15-23(19-35)34(3)17-7-5-6-10-22-12-11-21-9-8-16-32-29(21)33-22/h11-14,20,23,28H,5-10,15-19H2,1-4H3,(H,32,33)(H,36,37)/t23-,28+/m1/s1. The number of carboxylic acids is 1. The van der Waals surface area contributed by atoms with Crippen LogP contribution < -0.4 is 10.1 Å². The van der Waals surface area contributed by atoms with Crippen molar-refractivity contribution in [2.75, 3.05) is 45.7 Å². The number of aliphatic carboxylic acids is 1. The van der Waals surface area contributed by atoms with E-state index in [1.54, 1.807) is 12.1 Å². The highest BCUT2D eigenvalue weighted by atomic mass is 19.1. The highest BCUT2D eigenvalue weighted by Crippen LogP contribution is 2.37. The molecule has 2 aliphatic heterocycles. The summed E-state index contributed by atoms with van der Waals surface area (Å²) in [6.07, 6.45) is 7.43. The summed E-state index contributed by atoms with van der Waals surface area (Å²) in [5, 5.41) is 13.6. The number of pyridine rings is 1. The molecule has 2 aliphatic rings. The van der Waals surface area contributed by atoms with Gasteiger partial charge in [-0.15, -0.1) is 0 Å². The molecule has 7 nitrogen and oxygen atoms in total. The summed E-state index contributed by atoms with van der Waals surface area (Å²) in [6, 6.07) is 6.95. The van der Waals surface area contributed by atoms with E-state index in [2.05, 4.69) is 29.4 Å². The Labute approximate surface area is 226 Å². The molecule has 1 fully saturated rings. The van der Waals surface area contributed by atoms with Crippen LogP contribution in [0.1, 0.15) is 80.3 Å². The monoisotopic (exact) mass is 526 g/mol. The van der Waals surface area contributed by atoms with E-state index < -0.39 is 17.8 Å². The second kappa shape index (κ2) is 12.9. The third-order valence-corrected chi connectivity index (χ3v) is 8.10. The van der Waals surface area contributed by atoms with Crippen LogP contribution in [0.5, 0.6) is 5.75 Å². The minimum Gasteiger partial charge on any atom is -0.496 e. The Bertz CT molecular complexity index is 1110. The van der Waals surface area contributed by atoms with Crippen LogP contribution in [0.2, 0.25) is 0 Å². The van der Waals surface area contributed by atoms with E-state index in [1.807, 2.05) is 18.7 Å². The fourth-order valence-electron chi connectivity index (χ4n) is 5.83. The lowest BCUT2D eigenvalue weighted by Gasteiger charge is -2.29. The summed E-state index contributed by atoms with van der Waals surface area (Å²) in [5.41, 5.74) is 3.13. The van der Waals surface area contributed by atoms with Crippen molar-refractivity contribution in [2.24, 2.45) is 0 Å². The number of nitrogens with one attached hydrogen (secondary N) is 1. The molecule has 1 saturated heterocycles. The van der Waals surface area contributed by atoms with E-state index in [-0.39, 0.29) is 17.5 Å². The van der Waals surface area contributed by atoms with E-state index in [4.69, 9.17) is 9.72 Å². The molecule has 1 aromatic heterocycles. The molecule has 3 heterocycles. The van der Waals surface area contributed by atoms with E-state index in [1.165, 1.54) is 19.1 Å². The lowest BCUT2D eigenvalue weighted by Crippen LogP contribution is -2.38. The molecule has 4 rings (SSSR count). The maximum absolute atomic E-state index is 15.5. The second-order valence-electron chi connectivity index (χ2n) is 11.0. The Morgan fingerprint density at radius 1 is 1.26 bits per heavy atom. The van der Waals surface area contributed by atoms with Crippen molar-refractivity contribution >= 4 is 11.8 Å². The van der Waals surface area contributed by atoms with E-state index in [9.17, 15) is 9.90 Å². The van der Waals surface area contributed by atoms with Gasteiger partial charge in [0.05, 0.1) is 12.7 Å². The number of rotatable bonds is 12. The number of hydrogen-bond acceptors (Lipinski definition) is 6. The van der Waals surface area contributed by atoms with Gasteiger partial charge in [0.15, 0.2) is 0 Å². The molecule has 8 heteroatoms. The zero-order chi connectivity index (χ0) is 27.2. The lowest BCUT2D eigenvalue weighted by atomic mass is 9.95. The van der Waals surface area contributed by atoms with Crippen LogP contribution in [0.3, 0.4) is 0 Å². The number of benzene rings is 1. The van der Waals surface area contributed by atoms with Gasteiger partial charge in [-0.3, -0.25) is 9.69 Å². The quantitative estimate of drug-likeness (QED) is 0.366. The number of anilines is 1. The van der Waals surface area contributed by atoms with Gasteiger partial charge in [-0.2, -0.15) is 0 Å². The second-order valence-corrected chi connectivity index (χ2v) is 11.0. The van der Waals surface area contributed by atoms with Gasteiger partial charge in [0, 0.05) is 31.4 Å². The maximum atomic E-state index is 15.5. The average molecular weight is 527 g/mol. The molecule has 38 heavy (non-hydrogen) atoms. The zero-order valence-electron chi connectivity index (χ0n) is 23.3. The van der Waals surface area contributed by atoms with Crippen LogP contribution in [-0.2, 0) is 17.6 Å². The summed E-state index contributed by atoms with van der Waals surface area (Å²) in [4.78, 5) is 21.4. The molecular formula is C30H43FN4O3. The van der Waals surface area contributed by atoms with Crippen molar-refractivity contribution in [1.29, 1.82) is 0 Å². The minimum atomic E-state index is -1.07. The van der Waals surface area contributed by atoms with Gasteiger partial charge in [-0.25, -0.2) is 9.37 Å². The van der Waals surface area contributed by atoms with Gasteiger partial charge in [0.1, 0.15) is 23.4 Å². The molecule has 2 N–H and O–H groups in total. The van der Waals surface area contributed by atoms with Crippen LogP contribution in [0.4, 0.5) is 10.2 Å². The highest BCUT2D eigenvalue weighted by molar-refractivity contribution is 5.77. The molecule has 0 aliphatic carbocycles. The Kier molecular flexibility index (Phi) is 9.60. The van der Waals surface area contributed by atoms with Gasteiger partial charge in [0.25, 0.3) is 0 Å². The van der Waals surface area contributed by atoms with Gasteiger partial charge < -0.3 is 20.1 Å². The van der Waals surface area contributed by atoms with Crippen LogP contribution in [-0.4, -0.2) is 72.2 Å². The number of fused-ring (bicyclic) bond motifs is 1. The van der Waals surface area contributed by atoms with Crippen LogP contribution in [0, 0.1) is 5.82 Å². The fourth-order valence-corrected chi connectivity index (χ4v) is 5.83. The molecule has 0 spiro atoms. The van der Waals surface area contributed by atoms with Crippen molar-refractivity contribution in [3.63, 3.8) is 0 Å². The number of halogens is 1. The third-order valence-electron chi connectivity index (χ3n) is 8.10. The Morgan fingerprint density at radius 3 is 2.82 bits per heavy atom. The first-order valence-corrected chi connectivity index (χ1v) is 14.1. The van der Waals surface area contributed by atoms with Gasteiger partial charge in [-0.1, -0.05) is 32.4 Å². The van der Waals surface area contributed by atoms with Crippen LogP contribution in [0.15, 0.2) is 24.3 Å². The van der Waals surface area contributed by atoms with Crippen molar-refractivity contribution in [1.82, 2.24) is 14.8 Å². The number of likely N-dealkylation sites (tertiary alicyclic amines) is 1. The van der Waals surface area contributed by atoms with Crippen LogP contribution in [0.25, 0.3) is 0 Å². The summed E-state index contributed by atoms with van der Waals surface area (Å²) in [7, 11) is 3.58. The molecule has 0 unspecified atom stereocenters. The molecule has 2 aromatic rings. The number of ether oxygens (including phenoxy) is 1. The molecule has 1 aromatic carbocycles. The topological polar surface area (TPSA) is 77.9 Å². The Hall–Kier alpha value is -2.71. The summed E-state index contributed by atoms with van der Waals surface area (Å²) < 4.78 is 21.0. The first-order valence-electron chi connectivity index (χ1n) is 14.1. The number of likely N-dealkylation sites (N-methyl/N-ethyl adjacent to an activating group) is 1. The molecule has 0 bridgehead atoms. The molecular weight excluding hydrogens is 483 g/mol. The van der Waals surface area contributed by atoms with Crippen molar-refractivity contribution in [2.45, 2.75) is 76.8 Å². The van der Waals surface area contributed by atoms with Crippen molar-refractivity contribution in [3.8, 4) is 5.75 Å². The number of unbranched alkanes of at least 4 members (excludes halogenated alkanes) is 2. The molecule has 0 amide bonds. The van der Waals surface area contributed by atoms with Gasteiger partial charge >= 0.3 is 5.97 Å².